The maximum atomic E-state index is 5.80. The normalized spacial score (nSPS) is 24.0. The van der Waals surface area contributed by atoms with Crippen LogP contribution in [0.4, 0.5) is 0 Å². The molecule has 0 bridgehead atoms. The zero-order valence-corrected chi connectivity index (χ0v) is 7.86. The number of nitrogens with two attached hydrogens (primary N) is 1. The molecule has 0 amide bonds. The molecule has 2 rings (SSSR count). The molecule has 4 nitrogen and oxygen atoms in total. The molecule has 2 heterocycles. The lowest BCUT2D eigenvalue weighted by atomic mass is 10.3. The van der Waals surface area contributed by atoms with Crippen LogP contribution in [0.2, 0.25) is 0 Å². The van der Waals surface area contributed by atoms with Crippen LogP contribution in [-0.2, 0) is 6.54 Å². The van der Waals surface area contributed by atoms with E-state index in [0.717, 1.165) is 37.5 Å². The van der Waals surface area contributed by atoms with E-state index in [-0.39, 0.29) is 0 Å². The predicted molar refractivity (Wildman–Crippen MR) is 49.1 cm³/mol. The van der Waals surface area contributed by atoms with Gasteiger partial charge in [0, 0.05) is 31.7 Å². The molecule has 4 heteroatoms. The van der Waals surface area contributed by atoms with Crippen molar-refractivity contribution in [2.24, 2.45) is 5.73 Å². The Morgan fingerprint density at radius 1 is 1.77 bits per heavy atom. The van der Waals surface area contributed by atoms with Gasteiger partial charge in [0.15, 0.2) is 0 Å². The van der Waals surface area contributed by atoms with Crippen LogP contribution in [-0.4, -0.2) is 29.2 Å². The van der Waals surface area contributed by atoms with E-state index >= 15 is 0 Å². The highest BCUT2D eigenvalue weighted by molar-refractivity contribution is 5.03. The van der Waals surface area contributed by atoms with Crippen LogP contribution in [0.5, 0.6) is 0 Å². The summed E-state index contributed by atoms with van der Waals surface area (Å²) in [5, 5.41) is 3.95. The molecule has 2 N–H and O–H groups in total. The van der Waals surface area contributed by atoms with E-state index in [0.29, 0.717) is 6.04 Å². The van der Waals surface area contributed by atoms with E-state index in [2.05, 4.69) is 10.1 Å². The van der Waals surface area contributed by atoms with Gasteiger partial charge in [-0.3, -0.25) is 4.90 Å². The summed E-state index contributed by atoms with van der Waals surface area (Å²) in [5.41, 5.74) is 6.80. The second kappa shape index (κ2) is 3.47. The minimum atomic E-state index is 0.341. The van der Waals surface area contributed by atoms with Gasteiger partial charge in [0.25, 0.3) is 0 Å². The van der Waals surface area contributed by atoms with Crippen LogP contribution in [0, 0.1) is 6.92 Å². The molecule has 72 valence electrons. The van der Waals surface area contributed by atoms with Gasteiger partial charge in [-0.25, -0.2) is 0 Å². The van der Waals surface area contributed by atoms with Crippen LogP contribution < -0.4 is 5.73 Å². The molecule has 0 saturated carbocycles. The first-order valence-corrected chi connectivity index (χ1v) is 4.64. The molecule has 1 aliphatic heterocycles. The van der Waals surface area contributed by atoms with Crippen LogP contribution in [0.25, 0.3) is 0 Å². The summed E-state index contributed by atoms with van der Waals surface area (Å²) < 4.78 is 4.99. The van der Waals surface area contributed by atoms with Gasteiger partial charge >= 0.3 is 0 Å². The van der Waals surface area contributed by atoms with Gasteiger partial charge in [0.05, 0.1) is 5.69 Å². The first-order valence-electron chi connectivity index (χ1n) is 4.64. The fourth-order valence-electron chi connectivity index (χ4n) is 1.73. The SMILES string of the molecule is Cc1cc(CN2CC[C@@H](N)C2)no1. The molecular formula is C9H15N3O. The summed E-state index contributed by atoms with van der Waals surface area (Å²) >= 11 is 0. The fourth-order valence-corrected chi connectivity index (χ4v) is 1.73. The molecule has 0 aliphatic carbocycles. The molecule has 0 unspecified atom stereocenters. The van der Waals surface area contributed by atoms with E-state index in [9.17, 15) is 0 Å². The molecule has 1 atom stereocenters. The number of nitrogens with zero attached hydrogens (tertiary/aromatic N) is 2. The van der Waals surface area contributed by atoms with Gasteiger partial charge < -0.3 is 10.3 Å². The third kappa shape index (κ3) is 2.08. The zero-order valence-electron chi connectivity index (χ0n) is 7.86. The predicted octanol–water partition coefficient (Wildman–Crippen LogP) is 0.516. The third-order valence-electron chi connectivity index (χ3n) is 2.37. The second-order valence-electron chi connectivity index (χ2n) is 3.71. The van der Waals surface area contributed by atoms with Crippen molar-refractivity contribution in [3.63, 3.8) is 0 Å². The van der Waals surface area contributed by atoms with Gasteiger partial charge in [-0.05, 0) is 13.3 Å². The average molecular weight is 181 g/mol. The number of likely N-dealkylation sites (tertiary alicyclic amines) is 1. The third-order valence-corrected chi connectivity index (χ3v) is 2.37. The quantitative estimate of drug-likeness (QED) is 0.722. The Morgan fingerprint density at radius 3 is 3.15 bits per heavy atom. The van der Waals surface area contributed by atoms with E-state index in [4.69, 9.17) is 10.3 Å². The largest absolute Gasteiger partial charge is 0.361 e. The van der Waals surface area contributed by atoms with Crippen molar-refractivity contribution < 1.29 is 4.52 Å². The van der Waals surface area contributed by atoms with E-state index < -0.39 is 0 Å². The van der Waals surface area contributed by atoms with Crippen molar-refractivity contribution in [2.75, 3.05) is 13.1 Å². The topological polar surface area (TPSA) is 55.3 Å². The second-order valence-corrected chi connectivity index (χ2v) is 3.71. The average Bonchev–Trinajstić information content (AvgIpc) is 2.62. The Morgan fingerprint density at radius 2 is 2.62 bits per heavy atom. The Labute approximate surface area is 77.7 Å². The lowest BCUT2D eigenvalue weighted by Gasteiger charge is -2.11. The molecular weight excluding hydrogens is 166 g/mol. The first kappa shape index (κ1) is 8.72. The number of hydrogen-bond acceptors (Lipinski definition) is 4. The van der Waals surface area contributed by atoms with Crippen molar-refractivity contribution in [2.45, 2.75) is 25.9 Å². The molecule has 0 spiro atoms. The molecule has 1 aliphatic rings. The monoisotopic (exact) mass is 181 g/mol. The lowest BCUT2D eigenvalue weighted by Crippen LogP contribution is -2.26. The van der Waals surface area contributed by atoms with E-state index in [1.54, 1.807) is 0 Å². The first-order chi connectivity index (χ1) is 6.24. The highest BCUT2D eigenvalue weighted by Crippen LogP contribution is 2.11. The molecule has 1 fully saturated rings. The van der Waals surface area contributed by atoms with Crippen molar-refractivity contribution in [1.82, 2.24) is 10.1 Å². The Bertz CT molecular complexity index is 284. The Hall–Kier alpha value is -0.870. The Balaban J connectivity index is 1.91. The molecule has 1 aromatic heterocycles. The van der Waals surface area contributed by atoms with Gasteiger partial charge in [0.1, 0.15) is 5.76 Å². The van der Waals surface area contributed by atoms with Crippen LogP contribution in [0.3, 0.4) is 0 Å². The smallest absolute Gasteiger partial charge is 0.133 e. The summed E-state index contributed by atoms with van der Waals surface area (Å²) in [5.74, 6) is 0.874. The lowest BCUT2D eigenvalue weighted by molar-refractivity contribution is 0.308. The Kier molecular flexibility index (Phi) is 2.33. The van der Waals surface area contributed by atoms with Crippen LogP contribution >= 0.6 is 0 Å². The molecule has 0 radical (unpaired) electrons. The molecule has 13 heavy (non-hydrogen) atoms. The number of rotatable bonds is 2. The number of aryl methyl sites for hydroxylation is 1. The summed E-state index contributed by atoms with van der Waals surface area (Å²) in [6, 6.07) is 2.32. The van der Waals surface area contributed by atoms with E-state index in [1.165, 1.54) is 0 Å². The molecule has 0 aromatic carbocycles. The molecule has 1 aromatic rings. The maximum Gasteiger partial charge on any atom is 0.133 e. The van der Waals surface area contributed by atoms with E-state index in [1.807, 2.05) is 13.0 Å². The highest BCUT2D eigenvalue weighted by atomic mass is 16.5. The number of aromatic nitrogens is 1. The van der Waals surface area contributed by atoms with Crippen molar-refractivity contribution in [3.8, 4) is 0 Å². The van der Waals surface area contributed by atoms with Crippen molar-refractivity contribution >= 4 is 0 Å². The van der Waals surface area contributed by atoms with Gasteiger partial charge in [-0.15, -0.1) is 0 Å². The molecule has 1 saturated heterocycles. The zero-order chi connectivity index (χ0) is 9.26. The minimum absolute atomic E-state index is 0.341. The van der Waals surface area contributed by atoms with Crippen LogP contribution in [0.15, 0.2) is 10.6 Å². The van der Waals surface area contributed by atoms with Gasteiger partial charge in [0.2, 0.25) is 0 Å². The van der Waals surface area contributed by atoms with Gasteiger partial charge in [-0.2, -0.15) is 0 Å². The summed E-state index contributed by atoms with van der Waals surface area (Å²) in [7, 11) is 0. The fraction of sp³-hybridized carbons (Fsp3) is 0.667. The van der Waals surface area contributed by atoms with Crippen LogP contribution in [0.1, 0.15) is 17.9 Å². The van der Waals surface area contributed by atoms with Crippen molar-refractivity contribution in [1.29, 1.82) is 0 Å². The van der Waals surface area contributed by atoms with Gasteiger partial charge in [-0.1, -0.05) is 5.16 Å². The standard InChI is InChI=1S/C9H15N3O/c1-7-4-9(11-13-7)6-12-3-2-8(10)5-12/h4,8H,2-3,5-6,10H2,1H3/t8-/m1/s1. The summed E-state index contributed by atoms with van der Waals surface area (Å²) in [6.45, 7) is 4.83. The number of hydrogen-bond donors (Lipinski definition) is 1. The van der Waals surface area contributed by atoms with Crippen molar-refractivity contribution in [3.05, 3.63) is 17.5 Å². The summed E-state index contributed by atoms with van der Waals surface area (Å²) in [4.78, 5) is 2.31. The minimum Gasteiger partial charge on any atom is -0.361 e. The highest BCUT2D eigenvalue weighted by Gasteiger charge is 2.19. The summed E-state index contributed by atoms with van der Waals surface area (Å²) in [6.07, 6.45) is 1.09. The maximum absolute atomic E-state index is 5.80.